The molecule has 0 aliphatic heterocycles. The molecule has 0 radical (unpaired) electrons. The third-order valence-electron chi connectivity index (χ3n) is 1.00. The van der Waals surface area contributed by atoms with E-state index in [1.54, 1.807) is 0 Å². The van der Waals surface area contributed by atoms with E-state index < -0.39 is 6.03 Å². The zero-order chi connectivity index (χ0) is 8.81. The molecule has 0 aromatic carbocycles. The first-order chi connectivity index (χ1) is 5.83. The largest absolute Gasteiger partial charge is 0.395 e. The number of carbonyl (C=O) groups is 1. The summed E-state index contributed by atoms with van der Waals surface area (Å²) in [6, 6.07) is -0.392. The van der Waals surface area contributed by atoms with Gasteiger partial charge in [-0.2, -0.15) is 8.75 Å². The summed E-state index contributed by atoms with van der Waals surface area (Å²) >= 11 is 1.01. The van der Waals surface area contributed by atoms with E-state index in [1.165, 1.54) is 6.20 Å². The summed E-state index contributed by atoms with van der Waals surface area (Å²) in [5.74, 6) is 0.412. The summed E-state index contributed by atoms with van der Waals surface area (Å²) in [7, 11) is 0. The quantitative estimate of drug-likeness (QED) is 0.605. The van der Waals surface area contributed by atoms with Gasteiger partial charge in [0, 0.05) is 6.54 Å². The number of aliphatic hydroxyl groups is 1. The molecule has 3 N–H and O–H groups in total. The third kappa shape index (κ3) is 2.81. The summed E-state index contributed by atoms with van der Waals surface area (Å²) in [5, 5.41) is 13.2. The number of urea groups is 1. The van der Waals surface area contributed by atoms with Gasteiger partial charge >= 0.3 is 6.03 Å². The maximum atomic E-state index is 10.9. The van der Waals surface area contributed by atoms with Crippen molar-refractivity contribution in [3.05, 3.63) is 6.20 Å². The van der Waals surface area contributed by atoms with Gasteiger partial charge < -0.3 is 10.4 Å². The molecule has 0 fully saturated rings. The third-order valence-corrected chi connectivity index (χ3v) is 1.48. The Morgan fingerprint density at radius 3 is 3.17 bits per heavy atom. The van der Waals surface area contributed by atoms with Gasteiger partial charge in [-0.15, -0.1) is 0 Å². The van der Waals surface area contributed by atoms with Crippen molar-refractivity contribution in [1.29, 1.82) is 0 Å². The number of nitrogens with one attached hydrogen (secondary N) is 2. The number of aliphatic hydroxyl groups excluding tert-OH is 1. The van der Waals surface area contributed by atoms with Gasteiger partial charge in [-0.05, 0) is 0 Å². The number of carbonyl (C=O) groups excluding carboxylic acids is 1. The molecule has 66 valence electrons. The average molecular weight is 188 g/mol. The van der Waals surface area contributed by atoms with Crippen LogP contribution in [0.25, 0.3) is 0 Å². The first kappa shape index (κ1) is 8.88. The number of hydrogen-bond acceptors (Lipinski definition) is 5. The van der Waals surface area contributed by atoms with Crippen molar-refractivity contribution in [3.63, 3.8) is 0 Å². The number of nitrogens with zero attached hydrogens (tertiary/aromatic N) is 2. The Morgan fingerprint density at radius 2 is 2.58 bits per heavy atom. The number of aromatic nitrogens is 2. The highest BCUT2D eigenvalue weighted by atomic mass is 32.1. The highest BCUT2D eigenvalue weighted by Crippen LogP contribution is 2.00. The van der Waals surface area contributed by atoms with Crippen LogP contribution in [0.5, 0.6) is 0 Å². The lowest BCUT2D eigenvalue weighted by Crippen LogP contribution is -2.31. The van der Waals surface area contributed by atoms with Gasteiger partial charge in [-0.25, -0.2) is 4.79 Å². The van der Waals surface area contributed by atoms with Crippen LogP contribution in [0.4, 0.5) is 10.6 Å². The van der Waals surface area contributed by atoms with Crippen molar-refractivity contribution in [2.24, 2.45) is 0 Å². The van der Waals surface area contributed by atoms with Gasteiger partial charge in [-0.3, -0.25) is 5.32 Å². The van der Waals surface area contributed by atoms with Crippen LogP contribution in [0.2, 0.25) is 0 Å². The minimum Gasteiger partial charge on any atom is -0.395 e. The number of amides is 2. The molecule has 0 aliphatic rings. The molecule has 1 aromatic heterocycles. The second-order valence-corrected chi connectivity index (χ2v) is 2.45. The van der Waals surface area contributed by atoms with Crippen LogP contribution in [0, 0.1) is 0 Å². The average Bonchev–Trinajstić information content (AvgIpc) is 2.53. The molecule has 12 heavy (non-hydrogen) atoms. The summed E-state index contributed by atoms with van der Waals surface area (Å²) in [6.45, 7) is 0.145. The molecule has 0 unspecified atom stereocenters. The predicted octanol–water partition coefficient (Wildman–Crippen LogP) is -0.348. The number of hydrogen-bond donors (Lipinski definition) is 3. The van der Waals surface area contributed by atoms with Crippen LogP contribution >= 0.6 is 11.7 Å². The molecule has 0 saturated carbocycles. The van der Waals surface area contributed by atoms with Crippen LogP contribution in [0.15, 0.2) is 6.20 Å². The van der Waals surface area contributed by atoms with Gasteiger partial charge in [0.25, 0.3) is 0 Å². The lowest BCUT2D eigenvalue weighted by Gasteiger charge is -2.01. The van der Waals surface area contributed by atoms with Crippen molar-refractivity contribution in [3.8, 4) is 0 Å². The first-order valence-electron chi connectivity index (χ1n) is 3.26. The minimum absolute atomic E-state index is 0.0806. The van der Waals surface area contributed by atoms with Crippen LogP contribution in [0.3, 0.4) is 0 Å². The van der Waals surface area contributed by atoms with E-state index in [2.05, 4.69) is 19.4 Å². The molecule has 0 aliphatic carbocycles. The fourth-order valence-corrected chi connectivity index (χ4v) is 0.925. The molecular formula is C5H8N4O2S. The smallest absolute Gasteiger partial charge is 0.320 e. The van der Waals surface area contributed by atoms with Crippen LogP contribution in [-0.4, -0.2) is 33.0 Å². The topological polar surface area (TPSA) is 87.1 Å². The molecule has 0 bridgehead atoms. The van der Waals surface area contributed by atoms with E-state index in [0.717, 1.165) is 11.7 Å². The van der Waals surface area contributed by atoms with Crippen molar-refractivity contribution in [2.75, 3.05) is 18.5 Å². The Hall–Kier alpha value is -1.21. The molecule has 0 spiro atoms. The van der Waals surface area contributed by atoms with Crippen molar-refractivity contribution < 1.29 is 9.90 Å². The lowest BCUT2D eigenvalue weighted by molar-refractivity contribution is 0.244. The molecule has 1 aromatic rings. The SMILES string of the molecule is O=C(NCCO)Nc1cnsn1. The Balaban J connectivity index is 2.27. The Morgan fingerprint density at radius 1 is 1.75 bits per heavy atom. The maximum Gasteiger partial charge on any atom is 0.320 e. The van der Waals surface area contributed by atoms with E-state index in [1.807, 2.05) is 0 Å². The van der Waals surface area contributed by atoms with E-state index in [4.69, 9.17) is 5.11 Å². The minimum atomic E-state index is -0.392. The highest BCUT2D eigenvalue weighted by Gasteiger charge is 2.01. The summed E-state index contributed by atoms with van der Waals surface area (Å²) in [5.41, 5.74) is 0. The zero-order valence-electron chi connectivity index (χ0n) is 6.15. The van der Waals surface area contributed by atoms with Crippen molar-refractivity contribution in [2.45, 2.75) is 0 Å². The monoisotopic (exact) mass is 188 g/mol. The molecule has 0 saturated heterocycles. The molecule has 1 rings (SSSR count). The van der Waals surface area contributed by atoms with Gasteiger partial charge in [0.1, 0.15) is 0 Å². The number of anilines is 1. The van der Waals surface area contributed by atoms with Crippen LogP contribution < -0.4 is 10.6 Å². The van der Waals surface area contributed by atoms with Crippen LogP contribution in [-0.2, 0) is 0 Å². The Bertz CT molecular complexity index is 238. The molecule has 7 heteroatoms. The standard InChI is InChI=1S/C5H8N4O2S/c10-2-1-6-5(11)8-4-3-7-12-9-4/h3,10H,1-2H2,(H2,6,8,9,11). The predicted molar refractivity (Wildman–Crippen MR) is 44.0 cm³/mol. The fourth-order valence-electron chi connectivity index (χ4n) is 0.550. The van der Waals surface area contributed by atoms with Gasteiger partial charge in [0.05, 0.1) is 24.5 Å². The number of rotatable bonds is 3. The second-order valence-electron chi connectivity index (χ2n) is 1.90. The first-order valence-corrected chi connectivity index (χ1v) is 3.99. The van der Waals surface area contributed by atoms with E-state index >= 15 is 0 Å². The van der Waals surface area contributed by atoms with Gasteiger partial charge in [0.2, 0.25) is 0 Å². The summed E-state index contributed by atoms with van der Waals surface area (Å²) in [6.07, 6.45) is 1.45. The zero-order valence-corrected chi connectivity index (χ0v) is 6.97. The van der Waals surface area contributed by atoms with Crippen molar-refractivity contribution in [1.82, 2.24) is 14.1 Å². The van der Waals surface area contributed by atoms with Crippen molar-refractivity contribution >= 4 is 23.6 Å². The Kier molecular flexibility index (Phi) is 3.42. The maximum absolute atomic E-state index is 10.9. The van der Waals surface area contributed by atoms with Gasteiger partial charge in [0.15, 0.2) is 5.82 Å². The van der Waals surface area contributed by atoms with E-state index in [-0.39, 0.29) is 13.2 Å². The molecular weight excluding hydrogens is 180 g/mol. The lowest BCUT2D eigenvalue weighted by atomic mass is 10.6. The normalized spacial score (nSPS) is 9.42. The Labute approximate surface area is 72.9 Å². The molecule has 0 atom stereocenters. The van der Waals surface area contributed by atoms with E-state index in [9.17, 15) is 4.79 Å². The summed E-state index contributed by atoms with van der Waals surface area (Å²) < 4.78 is 7.45. The van der Waals surface area contributed by atoms with Gasteiger partial charge in [-0.1, -0.05) is 0 Å². The van der Waals surface area contributed by atoms with Crippen LogP contribution in [0.1, 0.15) is 0 Å². The second kappa shape index (κ2) is 4.62. The summed E-state index contributed by atoms with van der Waals surface area (Å²) in [4.78, 5) is 10.9. The molecule has 1 heterocycles. The fraction of sp³-hybridized carbons (Fsp3) is 0.400. The molecule has 2 amide bonds. The highest BCUT2D eigenvalue weighted by molar-refractivity contribution is 6.99. The van der Waals surface area contributed by atoms with E-state index in [0.29, 0.717) is 5.82 Å². The molecule has 6 nitrogen and oxygen atoms in total.